The molecule has 1 aromatic carbocycles. The average molecular weight is 359 g/mol. The molecule has 0 unspecified atom stereocenters. The first-order valence-electron chi connectivity index (χ1n) is 8.68. The summed E-state index contributed by atoms with van der Waals surface area (Å²) in [5.41, 5.74) is 0.841. The van der Waals surface area contributed by atoms with Crippen molar-refractivity contribution in [1.82, 2.24) is 9.80 Å². The van der Waals surface area contributed by atoms with Gasteiger partial charge in [0.2, 0.25) is 11.8 Å². The number of carbonyl (C=O) groups is 4. The maximum absolute atomic E-state index is 12.7. The van der Waals surface area contributed by atoms with E-state index in [1.165, 1.54) is 0 Å². The number of imide groups is 1. The van der Waals surface area contributed by atoms with Crippen molar-refractivity contribution in [1.29, 1.82) is 0 Å². The molecule has 0 aliphatic carbocycles. The zero-order valence-corrected chi connectivity index (χ0v) is 14.6. The molecular weight excluding hydrogens is 338 g/mol. The molecule has 2 saturated heterocycles. The van der Waals surface area contributed by atoms with Gasteiger partial charge in [0.1, 0.15) is 0 Å². The van der Waals surface area contributed by atoms with Crippen LogP contribution in [0, 0.1) is 0 Å². The first-order valence-corrected chi connectivity index (χ1v) is 8.68. The van der Waals surface area contributed by atoms with Crippen LogP contribution in [0.25, 0.3) is 0 Å². The molecule has 1 aromatic rings. The summed E-state index contributed by atoms with van der Waals surface area (Å²) >= 11 is 0. The summed E-state index contributed by atoms with van der Waals surface area (Å²) in [6.45, 7) is 3.70. The number of nitrogens with zero attached hydrogens (tertiary/aromatic N) is 3. The summed E-state index contributed by atoms with van der Waals surface area (Å²) < 4.78 is 4.97. The molecule has 0 saturated carbocycles. The van der Waals surface area contributed by atoms with Crippen LogP contribution >= 0.6 is 0 Å². The van der Waals surface area contributed by atoms with Gasteiger partial charge in [-0.05, 0) is 25.1 Å². The molecule has 0 bridgehead atoms. The molecule has 0 N–H and O–H groups in total. The van der Waals surface area contributed by atoms with Crippen LogP contribution in [-0.4, -0.2) is 66.4 Å². The summed E-state index contributed by atoms with van der Waals surface area (Å²) in [7, 11) is 0. The van der Waals surface area contributed by atoms with Crippen molar-refractivity contribution >= 4 is 29.5 Å². The number of benzene rings is 1. The molecule has 2 aliphatic heterocycles. The number of hydrogen-bond donors (Lipinski definition) is 0. The van der Waals surface area contributed by atoms with Gasteiger partial charge in [-0.3, -0.25) is 19.3 Å². The lowest BCUT2D eigenvalue weighted by Crippen LogP contribution is -2.50. The zero-order valence-electron chi connectivity index (χ0n) is 14.6. The lowest BCUT2D eigenvalue weighted by atomic mass is 10.1. The van der Waals surface area contributed by atoms with Gasteiger partial charge in [0.05, 0.1) is 12.3 Å². The van der Waals surface area contributed by atoms with E-state index in [1.807, 2.05) is 0 Å². The van der Waals surface area contributed by atoms with Crippen LogP contribution in [0.5, 0.6) is 0 Å². The second-order valence-electron chi connectivity index (χ2n) is 6.15. The molecular formula is C18H21N3O5. The molecule has 4 amide bonds. The highest BCUT2D eigenvalue weighted by Crippen LogP contribution is 2.24. The monoisotopic (exact) mass is 359 g/mol. The second-order valence-corrected chi connectivity index (χ2v) is 6.15. The Balaban J connectivity index is 1.68. The molecule has 26 heavy (non-hydrogen) atoms. The second kappa shape index (κ2) is 7.55. The van der Waals surface area contributed by atoms with Crippen molar-refractivity contribution in [3.8, 4) is 0 Å². The van der Waals surface area contributed by atoms with E-state index in [9.17, 15) is 19.2 Å². The molecule has 8 heteroatoms. The van der Waals surface area contributed by atoms with Crippen LogP contribution in [0.4, 0.5) is 10.5 Å². The molecule has 3 rings (SSSR count). The Labute approximate surface area is 151 Å². The number of anilines is 1. The zero-order chi connectivity index (χ0) is 18.7. The van der Waals surface area contributed by atoms with Gasteiger partial charge in [-0.15, -0.1) is 0 Å². The van der Waals surface area contributed by atoms with Gasteiger partial charge in [0, 0.05) is 44.6 Å². The maximum atomic E-state index is 12.7. The van der Waals surface area contributed by atoms with E-state index in [-0.39, 0.29) is 36.7 Å². The number of ether oxygens (including phenoxy) is 1. The third-order valence-electron chi connectivity index (χ3n) is 4.50. The fourth-order valence-electron chi connectivity index (χ4n) is 3.13. The van der Waals surface area contributed by atoms with E-state index in [4.69, 9.17) is 4.74 Å². The lowest BCUT2D eigenvalue weighted by Gasteiger charge is -2.34. The molecule has 2 fully saturated rings. The largest absolute Gasteiger partial charge is 0.450 e. The summed E-state index contributed by atoms with van der Waals surface area (Å²) in [6, 6.07) is 6.54. The van der Waals surface area contributed by atoms with Gasteiger partial charge in [-0.2, -0.15) is 0 Å². The van der Waals surface area contributed by atoms with Crippen molar-refractivity contribution in [3.63, 3.8) is 0 Å². The highest BCUT2D eigenvalue weighted by atomic mass is 16.6. The first-order chi connectivity index (χ1) is 12.5. The minimum atomic E-state index is -0.368. The highest BCUT2D eigenvalue weighted by molar-refractivity contribution is 6.20. The lowest BCUT2D eigenvalue weighted by molar-refractivity contribution is -0.121. The Morgan fingerprint density at radius 2 is 1.62 bits per heavy atom. The molecule has 2 heterocycles. The van der Waals surface area contributed by atoms with Gasteiger partial charge >= 0.3 is 6.09 Å². The van der Waals surface area contributed by atoms with Crippen LogP contribution in [0.15, 0.2) is 24.3 Å². The Morgan fingerprint density at radius 3 is 2.23 bits per heavy atom. The molecule has 0 aromatic heterocycles. The highest BCUT2D eigenvalue weighted by Gasteiger charge is 2.31. The molecule has 138 valence electrons. The fraction of sp³-hybridized carbons (Fsp3) is 0.444. The van der Waals surface area contributed by atoms with Gasteiger partial charge in [-0.1, -0.05) is 6.07 Å². The summed E-state index contributed by atoms with van der Waals surface area (Å²) in [5.74, 6) is -0.681. The summed E-state index contributed by atoms with van der Waals surface area (Å²) in [5, 5.41) is 0. The Bertz CT molecular complexity index is 724. The minimum absolute atomic E-state index is 0.186. The smallest absolute Gasteiger partial charge is 0.409 e. The average Bonchev–Trinajstić information content (AvgIpc) is 3.00. The topological polar surface area (TPSA) is 87.2 Å². The predicted octanol–water partition coefficient (Wildman–Crippen LogP) is 1.25. The third-order valence-corrected chi connectivity index (χ3v) is 4.50. The normalized spacial score (nSPS) is 17.7. The number of rotatable bonds is 3. The third kappa shape index (κ3) is 3.54. The minimum Gasteiger partial charge on any atom is -0.450 e. The first kappa shape index (κ1) is 17.9. The molecule has 0 radical (unpaired) electrons. The van der Waals surface area contributed by atoms with E-state index in [0.717, 1.165) is 4.90 Å². The predicted molar refractivity (Wildman–Crippen MR) is 92.7 cm³/mol. The number of carbonyl (C=O) groups excluding carboxylic acids is 4. The fourth-order valence-corrected chi connectivity index (χ4v) is 3.13. The standard InChI is InChI=1S/C18H21N3O5/c1-2-26-18(25)20-10-8-19(9-11-20)17(24)13-4-3-5-14(12-13)21-15(22)6-7-16(21)23/h3-5,12H,2,6-11H2,1H3. The van der Waals surface area contributed by atoms with Crippen LogP contribution < -0.4 is 4.90 Å². The Kier molecular flexibility index (Phi) is 5.20. The van der Waals surface area contributed by atoms with Gasteiger partial charge in [0.15, 0.2) is 0 Å². The number of amides is 4. The van der Waals surface area contributed by atoms with Crippen molar-refractivity contribution in [3.05, 3.63) is 29.8 Å². The van der Waals surface area contributed by atoms with Crippen LogP contribution in [0.1, 0.15) is 30.1 Å². The van der Waals surface area contributed by atoms with Crippen LogP contribution in [0.2, 0.25) is 0 Å². The van der Waals surface area contributed by atoms with Crippen molar-refractivity contribution < 1.29 is 23.9 Å². The summed E-state index contributed by atoms with van der Waals surface area (Å²) in [6.07, 6.45) is 0.0345. The van der Waals surface area contributed by atoms with Gasteiger partial charge < -0.3 is 14.5 Å². The van der Waals surface area contributed by atoms with E-state index < -0.39 is 0 Å². The quantitative estimate of drug-likeness (QED) is 0.758. The van der Waals surface area contributed by atoms with Gasteiger partial charge in [0.25, 0.3) is 5.91 Å². The van der Waals surface area contributed by atoms with E-state index in [0.29, 0.717) is 44.0 Å². The Hall–Kier alpha value is -2.90. The SMILES string of the molecule is CCOC(=O)N1CCN(C(=O)c2cccc(N3C(=O)CCC3=O)c2)CC1. The molecule has 2 aliphatic rings. The molecule has 0 spiro atoms. The maximum Gasteiger partial charge on any atom is 0.409 e. The van der Waals surface area contributed by atoms with Crippen molar-refractivity contribution in [2.75, 3.05) is 37.7 Å². The number of piperazine rings is 1. The van der Waals surface area contributed by atoms with Crippen LogP contribution in [0.3, 0.4) is 0 Å². The van der Waals surface area contributed by atoms with Crippen molar-refractivity contribution in [2.24, 2.45) is 0 Å². The van der Waals surface area contributed by atoms with E-state index in [1.54, 1.807) is 41.0 Å². The van der Waals surface area contributed by atoms with E-state index >= 15 is 0 Å². The summed E-state index contributed by atoms with van der Waals surface area (Å²) in [4.78, 5) is 52.6. The molecule has 8 nitrogen and oxygen atoms in total. The van der Waals surface area contributed by atoms with Crippen molar-refractivity contribution in [2.45, 2.75) is 19.8 Å². The van der Waals surface area contributed by atoms with E-state index in [2.05, 4.69) is 0 Å². The Morgan fingerprint density at radius 1 is 1.00 bits per heavy atom. The number of hydrogen-bond acceptors (Lipinski definition) is 5. The van der Waals surface area contributed by atoms with Gasteiger partial charge in [-0.25, -0.2) is 4.79 Å². The van der Waals surface area contributed by atoms with Crippen LogP contribution in [-0.2, 0) is 14.3 Å². The molecule has 0 atom stereocenters.